The Morgan fingerprint density at radius 1 is 1.08 bits per heavy atom. The molecule has 0 fully saturated rings. The maximum absolute atomic E-state index is 13.2. The highest BCUT2D eigenvalue weighted by Crippen LogP contribution is 2.28. The number of sulfonamides is 1. The number of hydrogen-bond acceptors (Lipinski definition) is 3. The Labute approximate surface area is 153 Å². The number of rotatable bonds is 5. The van der Waals surface area contributed by atoms with Gasteiger partial charge >= 0.3 is 0 Å². The number of benzene rings is 2. The largest absolute Gasteiger partial charge is 0.325 e. The van der Waals surface area contributed by atoms with Crippen molar-refractivity contribution >= 4 is 21.6 Å². The van der Waals surface area contributed by atoms with E-state index in [0.717, 1.165) is 15.4 Å². The van der Waals surface area contributed by atoms with E-state index in [1.807, 2.05) is 19.9 Å². The summed E-state index contributed by atoms with van der Waals surface area (Å²) in [6, 6.07) is 7.38. The molecule has 0 aliphatic carbocycles. The number of aryl methyl sites for hydroxylation is 2. The summed E-state index contributed by atoms with van der Waals surface area (Å²) >= 11 is 0. The van der Waals surface area contributed by atoms with Crippen LogP contribution >= 0.6 is 0 Å². The average Bonchev–Trinajstić information content (AvgIpc) is 2.52. The van der Waals surface area contributed by atoms with Gasteiger partial charge in [0.05, 0.1) is 11.4 Å². The van der Waals surface area contributed by atoms with Gasteiger partial charge in [-0.2, -0.15) is 4.31 Å². The zero-order chi connectivity index (χ0) is 19.6. The smallest absolute Gasteiger partial charge is 0.243 e. The molecule has 2 rings (SSSR count). The zero-order valence-electron chi connectivity index (χ0n) is 15.6. The average molecular weight is 378 g/mol. The molecule has 140 valence electrons. The lowest BCUT2D eigenvalue weighted by Crippen LogP contribution is -2.35. The Morgan fingerprint density at radius 2 is 1.65 bits per heavy atom. The molecular formula is C19H23FN2O3S. The molecule has 0 bridgehead atoms. The van der Waals surface area contributed by atoms with Crippen LogP contribution in [0.15, 0.2) is 35.2 Å². The molecule has 1 N–H and O–H groups in total. The molecule has 0 radical (unpaired) electrons. The Hall–Kier alpha value is -2.25. The molecule has 2 aromatic carbocycles. The number of nitrogens with one attached hydrogen (secondary N) is 1. The van der Waals surface area contributed by atoms with Gasteiger partial charge in [0.2, 0.25) is 15.9 Å². The number of hydrogen-bond donors (Lipinski definition) is 1. The van der Waals surface area contributed by atoms with Gasteiger partial charge in [-0.3, -0.25) is 4.79 Å². The molecule has 0 saturated carbocycles. The molecule has 26 heavy (non-hydrogen) atoms. The summed E-state index contributed by atoms with van der Waals surface area (Å²) in [6.07, 6.45) is 0. The first-order valence-corrected chi connectivity index (χ1v) is 9.57. The Kier molecular flexibility index (Phi) is 5.83. The van der Waals surface area contributed by atoms with Crippen LogP contribution in [0.25, 0.3) is 0 Å². The summed E-state index contributed by atoms with van der Waals surface area (Å²) in [5.74, 6) is -1.02. The van der Waals surface area contributed by atoms with Crippen LogP contribution in [0.2, 0.25) is 0 Å². The highest BCUT2D eigenvalue weighted by molar-refractivity contribution is 7.89. The number of likely N-dealkylation sites (N-methyl/N-ethyl adjacent to an activating group) is 1. The number of carbonyl (C=O) groups excluding carboxylic acids is 1. The maximum Gasteiger partial charge on any atom is 0.243 e. The monoisotopic (exact) mass is 378 g/mol. The van der Waals surface area contributed by atoms with E-state index in [-0.39, 0.29) is 17.1 Å². The van der Waals surface area contributed by atoms with E-state index in [2.05, 4.69) is 5.32 Å². The van der Waals surface area contributed by atoms with Crippen LogP contribution in [0, 0.1) is 33.5 Å². The van der Waals surface area contributed by atoms with Crippen molar-refractivity contribution < 1.29 is 17.6 Å². The summed E-state index contributed by atoms with van der Waals surface area (Å²) in [7, 11) is -2.48. The summed E-state index contributed by atoms with van der Waals surface area (Å²) < 4.78 is 40.2. The second-order valence-electron chi connectivity index (χ2n) is 6.41. The fourth-order valence-electron chi connectivity index (χ4n) is 2.78. The van der Waals surface area contributed by atoms with Crippen molar-refractivity contribution in [2.24, 2.45) is 0 Å². The molecule has 5 nitrogen and oxygen atoms in total. The van der Waals surface area contributed by atoms with E-state index < -0.39 is 21.7 Å². The van der Waals surface area contributed by atoms with E-state index >= 15 is 0 Å². The van der Waals surface area contributed by atoms with Crippen LogP contribution in [0.3, 0.4) is 0 Å². The normalized spacial score (nSPS) is 11.7. The standard InChI is InChI=1S/C19H23FN2O3S/c1-12-9-13(2)15(4)19(14(12)3)26(24,25)22(5)11-18(23)21-17-8-6-7-16(20)10-17/h6-10H,11H2,1-5H3,(H,21,23). The molecule has 2 aromatic rings. The van der Waals surface area contributed by atoms with Gasteiger partial charge < -0.3 is 5.32 Å². The fraction of sp³-hybridized carbons (Fsp3) is 0.316. The molecule has 7 heteroatoms. The lowest BCUT2D eigenvalue weighted by molar-refractivity contribution is -0.116. The molecule has 0 unspecified atom stereocenters. The summed E-state index contributed by atoms with van der Waals surface area (Å²) in [4.78, 5) is 12.4. The predicted molar refractivity (Wildman–Crippen MR) is 100 cm³/mol. The summed E-state index contributed by atoms with van der Waals surface area (Å²) in [5.41, 5.74) is 3.38. The molecule has 0 aliphatic rings. The van der Waals surface area contributed by atoms with Gasteiger partial charge in [-0.05, 0) is 68.1 Å². The lowest BCUT2D eigenvalue weighted by Gasteiger charge is -2.21. The number of amides is 1. The first-order valence-electron chi connectivity index (χ1n) is 8.13. The van der Waals surface area contributed by atoms with Gasteiger partial charge in [0.25, 0.3) is 0 Å². The van der Waals surface area contributed by atoms with Gasteiger partial charge in [0.15, 0.2) is 0 Å². The van der Waals surface area contributed by atoms with E-state index in [0.29, 0.717) is 11.1 Å². The van der Waals surface area contributed by atoms with E-state index in [9.17, 15) is 17.6 Å². The topological polar surface area (TPSA) is 66.5 Å². The van der Waals surface area contributed by atoms with E-state index in [4.69, 9.17) is 0 Å². The Bertz CT molecular complexity index is 929. The molecule has 0 heterocycles. The van der Waals surface area contributed by atoms with Crippen LogP contribution in [0.4, 0.5) is 10.1 Å². The fourth-order valence-corrected chi connectivity index (χ4v) is 4.47. The molecular weight excluding hydrogens is 355 g/mol. The van der Waals surface area contributed by atoms with Crippen molar-refractivity contribution in [3.63, 3.8) is 0 Å². The summed E-state index contributed by atoms with van der Waals surface area (Å²) in [5, 5.41) is 2.50. The first kappa shape index (κ1) is 20.1. The minimum Gasteiger partial charge on any atom is -0.325 e. The molecule has 0 aromatic heterocycles. The van der Waals surface area contributed by atoms with Crippen LogP contribution in [-0.2, 0) is 14.8 Å². The van der Waals surface area contributed by atoms with Gasteiger partial charge in [-0.25, -0.2) is 12.8 Å². The number of anilines is 1. The van der Waals surface area contributed by atoms with Crippen molar-refractivity contribution in [2.75, 3.05) is 18.9 Å². The minimum absolute atomic E-state index is 0.232. The molecule has 0 saturated heterocycles. The molecule has 0 aliphatic heterocycles. The van der Waals surface area contributed by atoms with Crippen molar-refractivity contribution in [1.82, 2.24) is 4.31 Å². The number of nitrogens with zero attached hydrogens (tertiary/aromatic N) is 1. The van der Waals surface area contributed by atoms with Crippen molar-refractivity contribution in [2.45, 2.75) is 32.6 Å². The third kappa shape index (κ3) is 4.11. The third-order valence-corrected chi connectivity index (χ3v) is 6.52. The number of halogens is 1. The molecule has 0 spiro atoms. The minimum atomic E-state index is -3.84. The van der Waals surface area contributed by atoms with Crippen molar-refractivity contribution in [1.29, 1.82) is 0 Å². The van der Waals surface area contributed by atoms with Gasteiger partial charge in [0, 0.05) is 12.7 Å². The second kappa shape index (κ2) is 7.55. The van der Waals surface area contributed by atoms with Crippen molar-refractivity contribution in [3.05, 3.63) is 58.4 Å². The van der Waals surface area contributed by atoms with Crippen LogP contribution in [-0.4, -0.2) is 32.2 Å². The molecule has 0 atom stereocenters. The second-order valence-corrected chi connectivity index (χ2v) is 8.39. The summed E-state index contributed by atoms with van der Waals surface area (Å²) in [6.45, 7) is 6.87. The van der Waals surface area contributed by atoms with Crippen LogP contribution < -0.4 is 5.32 Å². The number of carbonyl (C=O) groups is 1. The van der Waals surface area contributed by atoms with Gasteiger partial charge in [-0.15, -0.1) is 0 Å². The van der Waals surface area contributed by atoms with Gasteiger partial charge in [0.1, 0.15) is 5.82 Å². The molecule has 1 amide bonds. The quantitative estimate of drug-likeness (QED) is 0.868. The van der Waals surface area contributed by atoms with Crippen LogP contribution in [0.1, 0.15) is 22.3 Å². The zero-order valence-corrected chi connectivity index (χ0v) is 16.4. The van der Waals surface area contributed by atoms with E-state index in [1.54, 1.807) is 13.8 Å². The van der Waals surface area contributed by atoms with Crippen molar-refractivity contribution in [3.8, 4) is 0 Å². The SMILES string of the molecule is Cc1cc(C)c(C)c(S(=O)(=O)N(C)CC(=O)Nc2cccc(F)c2)c1C. The van der Waals surface area contributed by atoms with Crippen LogP contribution in [0.5, 0.6) is 0 Å². The predicted octanol–water partition coefficient (Wildman–Crippen LogP) is 3.32. The van der Waals surface area contributed by atoms with Gasteiger partial charge in [-0.1, -0.05) is 12.1 Å². The van der Waals surface area contributed by atoms with E-state index in [1.165, 1.54) is 31.3 Å². The highest BCUT2D eigenvalue weighted by Gasteiger charge is 2.28. The first-order chi connectivity index (χ1) is 12.0. The maximum atomic E-state index is 13.2. The Morgan fingerprint density at radius 3 is 2.19 bits per heavy atom. The highest BCUT2D eigenvalue weighted by atomic mass is 32.2. The lowest BCUT2D eigenvalue weighted by atomic mass is 10.0. The Balaban J connectivity index is 2.26. The third-order valence-electron chi connectivity index (χ3n) is 4.44.